The molecule has 6 nitrogen and oxygen atoms in total. The molecule has 0 bridgehead atoms. The number of hydrogen-bond donors (Lipinski definition) is 1. The molecule has 31 heavy (non-hydrogen) atoms. The number of halogens is 1. The lowest BCUT2D eigenvalue weighted by Crippen LogP contribution is -2.63. The first kappa shape index (κ1) is 21.0. The number of aromatic nitrogens is 2. The van der Waals surface area contributed by atoms with Crippen molar-refractivity contribution in [2.24, 2.45) is 5.92 Å². The zero-order valence-corrected chi connectivity index (χ0v) is 18.3. The summed E-state index contributed by atoms with van der Waals surface area (Å²) in [7, 11) is 0. The molecule has 1 fully saturated rings. The minimum absolute atomic E-state index is 0.176. The molecule has 1 saturated heterocycles. The summed E-state index contributed by atoms with van der Waals surface area (Å²) < 4.78 is 15.9. The van der Waals surface area contributed by atoms with Gasteiger partial charge in [0.25, 0.3) is 5.91 Å². The molecule has 1 aliphatic rings. The molecule has 0 unspecified atom stereocenters. The third-order valence-electron chi connectivity index (χ3n) is 5.74. The minimum Gasteiger partial charge on any atom is -0.352 e. The van der Waals surface area contributed by atoms with Gasteiger partial charge >= 0.3 is 0 Å². The molecule has 0 saturated carbocycles. The molecule has 1 aliphatic heterocycles. The van der Waals surface area contributed by atoms with Gasteiger partial charge in [0.1, 0.15) is 22.7 Å². The fourth-order valence-electron chi connectivity index (χ4n) is 4.10. The number of fused-ring (bicyclic) bond motifs is 1. The maximum absolute atomic E-state index is 13.8. The van der Waals surface area contributed by atoms with E-state index in [1.54, 1.807) is 30.9 Å². The van der Waals surface area contributed by atoms with Crippen molar-refractivity contribution in [2.45, 2.75) is 39.8 Å². The largest absolute Gasteiger partial charge is 0.352 e. The van der Waals surface area contributed by atoms with E-state index >= 15 is 0 Å². The van der Waals surface area contributed by atoms with Crippen LogP contribution in [0.4, 0.5) is 4.39 Å². The number of carbonyl (C=O) groups excluding carboxylic acids is 2. The van der Waals surface area contributed by atoms with E-state index in [0.29, 0.717) is 36.9 Å². The third kappa shape index (κ3) is 3.80. The zero-order chi connectivity index (χ0) is 22.3. The number of carbonyl (C=O) groups is 2. The Morgan fingerprint density at radius 1 is 1.26 bits per heavy atom. The van der Waals surface area contributed by atoms with Crippen molar-refractivity contribution in [3.63, 3.8) is 0 Å². The first-order valence-electron chi connectivity index (χ1n) is 10.5. The molecule has 2 amide bonds. The SMILES string of the molecule is CC(C)Cn1cc(-c2cccc(F)c2)c2ccc(C(=O)N3CCNC(=O)C3(C)C)nc21. The predicted molar refractivity (Wildman–Crippen MR) is 118 cm³/mol. The maximum Gasteiger partial charge on any atom is 0.273 e. The standard InChI is InChI=1S/C24H27FN4O2/c1-15(2)13-28-14-19(16-6-5-7-17(25)12-16)18-8-9-20(27-21(18)28)22(30)29-11-10-26-23(31)24(29,3)4/h5-9,12,14-15H,10-11,13H2,1-4H3,(H,26,31). The quantitative estimate of drug-likeness (QED) is 0.695. The second kappa shape index (κ2) is 7.80. The van der Waals surface area contributed by atoms with E-state index in [1.807, 2.05) is 22.9 Å². The van der Waals surface area contributed by atoms with E-state index in [2.05, 4.69) is 19.2 Å². The Kier molecular flexibility index (Phi) is 5.29. The first-order chi connectivity index (χ1) is 14.7. The summed E-state index contributed by atoms with van der Waals surface area (Å²) in [4.78, 5) is 31.8. The van der Waals surface area contributed by atoms with E-state index < -0.39 is 5.54 Å². The van der Waals surface area contributed by atoms with Gasteiger partial charge in [-0.05, 0) is 49.6 Å². The number of amides is 2. The molecule has 7 heteroatoms. The molecular formula is C24H27FN4O2. The van der Waals surface area contributed by atoms with Gasteiger partial charge in [-0.2, -0.15) is 0 Å². The van der Waals surface area contributed by atoms with E-state index in [0.717, 1.165) is 16.5 Å². The molecule has 3 heterocycles. The third-order valence-corrected chi connectivity index (χ3v) is 5.74. The lowest BCUT2D eigenvalue weighted by Gasteiger charge is -2.40. The molecule has 0 aliphatic carbocycles. The van der Waals surface area contributed by atoms with E-state index in [-0.39, 0.29) is 17.6 Å². The molecule has 162 valence electrons. The fourth-order valence-corrected chi connectivity index (χ4v) is 4.10. The smallest absolute Gasteiger partial charge is 0.273 e. The number of pyridine rings is 1. The molecule has 1 aromatic carbocycles. The first-order valence-corrected chi connectivity index (χ1v) is 10.5. The summed E-state index contributed by atoms with van der Waals surface area (Å²) in [5.74, 6) is -0.384. The van der Waals surface area contributed by atoms with Crippen LogP contribution >= 0.6 is 0 Å². The summed E-state index contributed by atoms with van der Waals surface area (Å²) in [5.41, 5.74) is 1.67. The van der Waals surface area contributed by atoms with Crippen molar-refractivity contribution < 1.29 is 14.0 Å². The second-order valence-corrected chi connectivity index (χ2v) is 8.94. The van der Waals surface area contributed by atoms with Crippen molar-refractivity contribution in [3.8, 4) is 11.1 Å². The van der Waals surface area contributed by atoms with Crippen LogP contribution in [0.2, 0.25) is 0 Å². The molecule has 2 aromatic heterocycles. The molecule has 4 rings (SSSR count). The van der Waals surface area contributed by atoms with Crippen LogP contribution < -0.4 is 5.32 Å². The Bertz CT molecular complexity index is 1170. The van der Waals surface area contributed by atoms with Crippen LogP contribution in [-0.2, 0) is 11.3 Å². The van der Waals surface area contributed by atoms with Crippen LogP contribution in [0.3, 0.4) is 0 Å². The average Bonchev–Trinajstić information content (AvgIpc) is 3.06. The summed E-state index contributed by atoms with van der Waals surface area (Å²) in [6.07, 6.45) is 1.97. The van der Waals surface area contributed by atoms with Gasteiger partial charge < -0.3 is 14.8 Å². The van der Waals surface area contributed by atoms with Crippen LogP contribution in [0, 0.1) is 11.7 Å². The van der Waals surface area contributed by atoms with Gasteiger partial charge in [0, 0.05) is 36.8 Å². The van der Waals surface area contributed by atoms with Gasteiger partial charge in [-0.15, -0.1) is 0 Å². The molecule has 1 N–H and O–H groups in total. The van der Waals surface area contributed by atoms with Crippen LogP contribution in [0.15, 0.2) is 42.6 Å². The lowest BCUT2D eigenvalue weighted by atomic mass is 9.98. The number of piperazine rings is 1. The number of nitrogens with one attached hydrogen (secondary N) is 1. The number of benzene rings is 1. The highest BCUT2D eigenvalue weighted by Crippen LogP contribution is 2.31. The van der Waals surface area contributed by atoms with E-state index in [9.17, 15) is 14.0 Å². The van der Waals surface area contributed by atoms with E-state index in [4.69, 9.17) is 4.98 Å². The van der Waals surface area contributed by atoms with Crippen LogP contribution in [0.5, 0.6) is 0 Å². The van der Waals surface area contributed by atoms with Crippen molar-refractivity contribution in [1.29, 1.82) is 0 Å². The summed E-state index contributed by atoms with van der Waals surface area (Å²) in [6, 6.07) is 10.0. The second-order valence-electron chi connectivity index (χ2n) is 8.94. The minimum atomic E-state index is -0.946. The van der Waals surface area contributed by atoms with Crippen LogP contribution in [-0.4, -0.2) is 44.9 Å². The summed E-state index contributed by atoms with van der Waals surface area (Å²) in [6.45, 7) is 9.26. The molecule has 0 atom stereocenters. The normalized spacial score (nSPS) is 16.1. The van der Waals surface area contributed by atoms with E-state index in [1.165, 1.54) is 12.1 Å². The molecular weight excluding hydrogens is 395 g/mol. The Hall–Kier alpha value is -3.22. The molecule has 0 spiro atoms. The van der Waals surface area contributed by atoms with Gasteiger partial charge in [-0.3, -0.25) is 9.59 Å². The fraction of sp³-hybridized carbons (Fsp3) is 0.375. The predicted octanol–water partition coefficient (Wildman–Crippen LogP) is 3.85. The van der Waals surface area contributed by atoms with Gasteiger partial charge in [0.15, 0.2) is 0 Å². The highest BCUT2D eigenvalue weighted by Gasteiger charge is 2.41. The van der Waals surface area contributed by atoms with Crippen molar-refractivity contribution in [1.82, 2.24) is 19.8 Å². The topological polar surface area (TPSA) is 67.2 Å². The van der Waals surface area contributed by atoms with Crippen LogP contribution in [0.25, 0.3) is 22.2 Å². The van der Waals surface area contributed by atoms with Crippen LogP contribution in [0.1, 0.15) is 38.2 Å². The summed E-state index contributed by atoms with van der Waals surface area (Å²) in [5, 5.41) is 3.67. The lowest BCUT2D eigenvalue weighted by molar-refractivity contribution is -0.133. The maximum atomic E-state index is 13.8. The Morgan fingerprint density at radius 3 is 2.74 bits per heavy atom. The Balaban J connectivity index is 1.81. The molecule has 0 radical (unpaired) electrons. The van der Waals surface area contributed by atoms with Crippen molar-refractivity contribution in [2.75, 3.05) is 13.1 Å². The van der Waals surface area contributed by atoms with Gasteiger partial charge in [-0.1, -0.05) is 26.0 Å². The highest BCUT2D eigenvalue weighted by molar-refractivity contribution is 6.01. The Morgan fingerprint density at radius 2 is 2.03 bits per heavy atom. The van der Waals surface area contributed by atoms with Crippen molar-refractivity contribution >= 4 is 22.8 Å². The van der Waals surface area contributed by atoms with Gasteiger partial charge in [0.05, 0.1) is 0 Å². The number of rotatable bonds is 4. The van der Waals surface area contributed by atoms with Gasteiger partial charge in [0.2, 0.25) is 5.91 Å². The average molecular weight is 423 g/mol. The molecule has 3 aromatic rings. The monoisotopic (exact) mass is 422 g/mol. The Labute approximate surface area is 181 Å². The van der Waals surface area contributed by atoms with Gasteiger partial charge in [-0.25, -0.2) is 9.37 Å². The zero-order valence-electron chi connectivity index (χ0n) is 18.3. The summed E-state index contributed by atoms with van der Waals surface area (Å²) >= 11 is 0. The van der Waals surface area contributed by atoms with Crippen molar-refractivity contribution in [3.05, 3.63) is 54.1 Å². The highest BCUT2D eigenvalue weighted by atomic mass is 19.1. The number of hydrogen-bond acceptors (Lipinski definition) is 3. The number of nitrogens with zero attached hydrogens (tertiary/aromatic N) is 3.